The summed E-state index contributed by atoms with van der Waals surface area (Å²) in [5, 5.41) is 11.5. The summed E-state index contributed by atoms with van der Waals surface area (Å²) in [4.78, 5) is 14.6. The van der Waals surface area contributed by atoms with Crippen molar-refractivity contribution in [3.05, 3.63) is 59.8 Å². The number of carbonyl (C=O) groups excluding carboxylic acids is 1. The molecule has 134 valence electrons. The van der Waals surface area contributed by atoms with Gasteiger partial charge in [0.25, 0.3) is 5.91 Å². The molecule has 1 amide bonds. The average Bonchev–Trinajstić information content (AvgIpc) is 3.31. The van der Waals surface area contributed by atoms with Gasteiger partial charge in [-0.25, -0.2) is 4.39 Å². The fraction of sp³-hybridized carbons (Fsp3) is 0.316. The summed E-state index contributed by atoms with van der Waals surface area (Å²) in [6.07, 6.45) is 3.58. The average molecular weight is 353 g/mol. The topological polar surface area (TPSA) is 66.8 Å². The van der Waals surface area contributed by atoms with Gasteiger partial charge < -0.3 is 4.90 Å². The van der Waals surface area contributed by atoms with Crippen molar-refractivity contribution in [1.82, 2.24) is 24.9 Å². The Morgan fingerprint density at radius 1 is 1.27 bits per heavy atom. The van der Waals surface area contributed by atoms with Crippen molar-refractivity contribution < 1.29 is 9.18 Å². The number of hydrogen-bond acceptors (Lipinski definition) is 3. The molecule has 3 aromatic rings. The van der Waals surface area contributed by atoms with Gasteiger partial charge in [0.05, 0.1) is 5.69 Å². The van der Waals surface area contributed by atoms with Gasteiger partial charge in [0, 0.05) is 43.5 Å². The summed E-state index contributed by atoms with van der Waals surface area (Å²) in [7, 11) is 1.78. The largest absolute Gasteiger partial charge is 0.337 e. The van der Waals surface area contributed by atoms with E-state index in [0.29, 0.717) is 12.2 Å². The molecule has 1 saturated heterocycles. The Kier molecular flexibility index (Phi) is 4.28. The van der Waals surface area contributed by atoms with Crippen molar-refractivity contribution in [2.24, 2.45) is 7.05 Å². The predicted molar refractivity (Wildman–Crippen MR) is 95.1 cm³/mol. The second kappa shape index (κ2) is 6.74. The SMILES string of the molecule is Cn1nccc1C(=O)N1CCC[C@@H](c2cc(-c3ccc(F)cc3)n[nH]2)C1. The van der Waals surface area contributed by atoms with E-state index in [9.17, 15) is 9.18 Å². The first kappa shape index (κ1) is 16.5. The van der Waals surface area contributed by atoms with Crippen LogP contribution in [0.4, 0.5) is 4.39 Å². The van der Waals surface area contributed by atoms with E-state index >= 15 is 0 Å². The van der Waals surface area contributed by atoms with E-state index < -0.39 is 0 Å². The van der Waals surface area contributed by atoms with Crippen LogP contribution >= 0.6 is 0 Å². The zero-order chi connectivity index (χ0) is 18.1. The van der Waals surface area contributed by atoms with E-state index in [4.69, 9.17) is 0 Å². The maximum absolute atomic E-state index is 13.1. The maximum atomic E-state index is 13.1. The summed E-state index contributed by atoms with van der Waals surface area (Å²) >= 11 is 0. The van der Waals surface area contributed by atoms with Gasteiger partial charge in [0.1, 0.15) is 11.5 Å². The van der Waals surface area contributed by atoms with Crippen LogP contribution in [-0.2, 0) is 7.05 Å². The molecule has 1 aromatic carbocycles. The van der Waals surface area contributed by atoms with Crippen LogP contribution in [0.3, 0.4) is 0 Å². The molecular formula is C19H20FN5O. The van der Waals surface area contributed by atoms with Crippen molar-refractivity contribution in [3.63, 3.8) is 0 Å². The number of nitrogens with one attached hydrogen (secondary N) is 1. The Labute approximate surface area is 150 Å². The number of likely N-dealkylation sites (tertiary alicyclic amines) is 1. The molecule has 4 rings (SSSR count). The number of H-pyrrole nitrogens is 1. The molecule has 1 aliphatic heterocycles. The van der Waals surface area contributed by atoms with Gasteiger partial charge in [-0.1, -0.05) is 0 Å². The minimum Gasteiger partial charge on any atom is -0.337 e. The number of benzene rings is 1. The molecule has 2 aromatic heterocycles. The smallest absolute Gasteiger partial charge is 0.272 e. The summed E-state index contributed by atoms with van der Waals surface area (Å²) in [6, 6.07) is 10.0. The summed E-state index contributed by atoms with van der Waals surface area (Å²) in [5.41, 5.74) is 3.26. The first-order valence-corrected chi connectivity index (χ1v) is 8.70. The molecule has 6 nitrogen and oxygen atoms in total. The molecule has 0 aliphatic carbocycles. The number of halogens is 1. The molecule has 26 heavy (non-hydrogen) atoms. The third-order valence-corrected chi connectivity index (χ3v) is 4.93. The van der Waals surface area contributed by atoms with Gasteiger partial charge in [-0.05, 0) is 49.2 Å². The molecule has 1 aliphatic rings. The second-order valence-corrected chi connectivity index (χ2v) is 6.65. The van der Waals surface area contributed by atoms with Crippen molar-refractivity contribution in [1.29, 1.82) is 0 Å². The van der Waals surface area contributed by atoms with Crippen LogP contribution in [0, 0.1) is 5.82 Å². The first-order chi connectivity index (χ1) is 12.6. The fourth-order valence-electron chi connectivity index (χ4n) is 3.48. The lowest BCUT2D eigenvalue weighted by molar-refractivity contribution is 0.0694. The molecule has 1 N–H and O–H groups in total. The van der Waals surface area contributed by atoms with E-state index in [-0.39, 0.29) is 17.6 Å². The zero-order valence-electron chi connectivity index (χ0n) is 14.5. The van der Waals surface area contributed by atoms with Crippen LogP contribution in [0.5, 0.6) is 0 Å². The van der Waals surface area contributed by atoms with Crippen LogP contribution in [0.25, 0.3) is 11.3 Å². The minimum atomic E-state index is -0.263. The van der Waals surface area contributed by atoms with Crippen molar-refractivity contribution >= 4 is 5.91 Å². The molecule has 0 radical (unpaired) electrons. The van der Waals surface area contributed by atoms with Gasteiger partial charge >= 0.3 is 0 Å². The lowest BCUT2D eigenvalue weighted by Crippen LogP contribution is -2.40. The molecular weight excluding hydrogens is 333 g/mol. The van der Waals surface area contributed by atoms with Crippen LogP contribution in [0.15, 0.2) is 42.6 Å². The molecule has 0 unspecified atom stereocenters. The molecule has 0 spiro atoms. The number of hydrogen-bond donors (Lipinski definition) is 1. The van der Waals surface area contributed by atoms with Gasteiger partial charge in [0.15, 0.2) is 0 Å². The van der Waals surface area contributed by atoms with Gasteiger partial charge in [-0.2, -0.15) is 10.2 Å². The summed E-state index contributed by atoms with van der Waals surface area (Å²) in [6.45, 7) is 1.40. The van der Waals surface area contributed by atoms with Gasteiger partial charge in [-0.15, -0.1) is 0 Å². The van der Waals surface area contributed by atoms with Gasteiger partial charge in [-0.3, -0.25) is 14.6 Å². The lowest BCUT2D eigenvalue weighted by Gasteiger charge is -2.32. The summed E-state index contributed by atoms with van der Waals surface area (Å²) < 4.78 is 14.7. The molecule has 3 heterocycles. The highest BCUT2D eigenvalue weighted by molar-refractivity contribution is 5.92. The van der Waals surface area contributed by atoms with Crippen molar-refractivity contribution in [2.45, 2.75) is 18.8 Å². The molecule has 1 atom stereocenters. The van der Waals surface area contributed by atoms with Gasteiger partial charge in [0.2, 0.25) is 0 Å². The van der Waals surface area contributed by atoms with E-state index in [2.05, 4.69) is 15.3 Å². The highest BCUT2D eigenvalue weighted by Crippen LogP contribution is 2.29. The Balaban J connectivity index is 1.51. The molecule has 0 saturated carbocycles. The number of aromatic nitrogens is 4. The fourth-order valence-corrected chi connectivity index (χ4v) is 3.48. The number of carbonyl (C=O) groups is 1. The Morgan fingerprint density at radius 2 is 2.08 bits per heavy atom. The highest BCUT2D eigenvalue weighted by Gasteiger charge is 2.28. The number of aryl methyl sites for hydroxylation is 1. The predicted octanol–water partition coefficient (Wildman–Crippen LogP) is 2.97. The quantitative estimate of drug-likeness (QED) is 0.787. The number of amides is 1. The third-order valence-electron chi connectivity index (χ3n) is 4.93. The Bertz CT molecular complexity index is 914. The molecule has 0 bridgehead atoms. The number of rotatable bonds is 3. The summed E-state index contributed by atoms with van der Waals surface area (Å²) in [5.74, 6) is -0.0447. The Morgan fingerprint density at radius 3 is 2.81 bits per heavy atom. The van der Waals surface area contributed by atoms with Crippen molar-refractivity contribution in [3.8, 4) is 11.3 Å². The van der Waals surface area contributed by atoms with E-state index in [0.717, 1.165) is 36.3 Å². The van der Waals surface area contributed by atoms with Crippen LogP contribution in [0.1, 0.15) is 34.9 Å². The van der Waals surface area contributed by atoms with E-state index in [1.54, 1.807) is 36.1 Å². The number of piperidine rings is 1. The monoisotopic (exact) mass is 353 g/mol. The number of aromatic amines is 1. The van der Waals surface area contributed by atoms with Crippen LogP contribution in [-0.4, -0.2) is 43.9 Å². The van der Waals surface area contributed by atoms with E-state index in [1.165, 1.54) is 12.1 Å². The van der Waals surface area contributed by atoms with Crippen LogP contribution in [0.2, 0.25) is 0 Å². The molecule has 1 fully saturated rings. The highest BCUT2D eigenvalue weighted by atomic mass is 19.1. The maximum Gasteiger partial charge on any atom is 0.272 e. The standard InChI is InChI=1S/C19H20FN5O/c1-24-18(8-9-21-24)19(26)25-10-2-3-14(12-25)17-11-16(22-23-17)13-4-6-15(20)7-5-13/h4-9,11,14H,2-3,10,12H2,1H3,(H,22,23)/t14-/m1/s1. The second-order valence-electron chi connectivity index (χ2n) is 6.65. The lowest BCUT2D eigenvalue weighted by atomic mass is 9.94. The third kappa shape index (κ3) is 3.12. The molecule has 7 heteroatoms. The Hall–Kier alpha value is -2.96. The van der Waals surface area contributed by atoms with Crippen LogP contribution < -0.4 is 0 Å². The van der Waals surface area contributed by atoms with E-state index in [1.807, 2.05) is 11.0 Å². The first-order valence-electron chi connectivity index (χ1n) is 8.70. The van der Waals surface area contributed by atoms with Crippen molar-refractivity contribution in [2.75, 3.05) is 13.1 Å². The minimum absolute atomic E-state index is 0.00738. The normalized spacial score (nSPS) is 17.5. The number of nitrogens with zero attached hydrogens (tertiary/aromatic N) is 4. The zero-order valence-corrected chi connectivity index (χ0v) is 14.5.